The van der Waals surface area contributed by atoms with E-state index in [-0.39, 0.29) is 37.5 Å². The summed E-state index contributed by atoms with van der Waals surface area (Å²) < 4.78 is 16.3. The van der Waals surface area contributed by atoms with Gasteiger partial charge in [-0.15, -0.1) is 0 Å². The molecule has 0 saturated carbocycles. The fourth-order valence-electron chi connectivity index (χ4n) is 4.38. The molecular formula is C34H58O8. The lowest BCUT2D eigenvalue weighted by Crippen LogP contribution is -2.30. The molecular weight excluding hydrogens is 536 g/mol. The van der Waals surface area contributed by atoms with Gasteiger partial charge < -0.3 is 24.4 Å². The molecule has 2 N–H and O–H groups in total. The second kappa shape index (κ2) is 31.2. The van der Waals surface area contributed by atoms with Crippen LogP contribution in [0.1, 0.15) is 142 Å². The van der Waals surface area contributed by atoms with Crippen LogP contribution in [0.3, 0.4) is 0 Å². The molecule has 0 saturated heterocycles. The third-order valence-electron chi connectivity index (χ3n) is 6.86. The van der Waals surface area contributed by atoms with Crippen molar-refractivity contribution in [2.75, 3.05) is 13.2 Å². The summed E-state index contributed by atoms with van der Waals surface area (Å²) in [5.41, 5.74) is 0. The Kier molecular flexibility index (Phi) is 29.1. The molecule has 0 fully saturated rings. The summed E-state index contributed by atoms with van der Waals surface area (Å²) in [6.45, 7) is 1.77. The smallest absolute Gasteiger partial charge is 0.306 e. The number of aliphatic hydroxyl groups excluding tert-OH is 2. The fraction of sp³-hybridized carbons (Fsp3) is 0.735. The number of carbonyl (C=O) groups excluding carboxylic acids is 3. The minimum absolute atomic E-state index is 0.123. The molecule has 0 aromatic carbocycles. The molecule has 0 aliphatic rings. The lowest BCUT2D eigenvalue weighted by atomic mass is 10.1. The maximum absolute atomic E-state index is 12.4. The Morgan fingerprint density at radius 2 is 0.881 bits per heavy atom. The van der Waals surface area contributed by atoms with Gasteiger partial charge in [0.05, 0.1) is 12.5 Å². The third-order valence-corrected chi connectivity index (χ3v) is 6.86. The molecule has 0 heterocycles. The Balaban J connectivity index is 4.40. The molecule has 8 heteroatoms. The summed E-state index contributed by atoms with van der Waals surface area (Å²) in [4.78, 5) is 36.9. The van der Waals surface area contributed by atoms with Crippen LogP contribution in [-0.2, 0) is 28.6 Å². The molecule has 0 aromatic rings. The van der Waals surface area contributed by atoms with Gasteiger partial charge in [0, 0.05) is 19.3 Å². The molecule has 42 heavy (non-hydrogen) atoms. The number of unbranched alkanes of at least 4 members (excludes halogenated alkanes) is 15. The van der Waals surface area contributed by atoms with Crippen molar-refractivity contribution in [3.63, 3.8) is 0 Å². The van der Waals surface area contributed by atoms with Crippen LogP contribution in [0, 0.1) is 0 Å². The van der Waals surface area contributed by atoms with Gasteiger partial charge in [-0.3, -0.25) is 14.4 Å². The highest BCUT2D eigenvalue weighted by Crippen LogP contribution is 2.12. The molecule has 0 aliphatic heterocycles. The topological polar surface area (TPSA) is 119 Å². The first kappa shape index (κ1) is 39.2. The number of allylic oxidation sites excluding steroid dienone is 4. The van der Waals surface area contributed by atoms with Gasteiger partial charge in [0.2, 0.25) is 0 Å². The first-order valence-electron chi connectivity index (χ1n) is 16.2. The van der Waals surface area contributed by atoms with Crippen LogP contribution < -0.4 is 0 Å². The first-order chi connectivity index (χ1) is 20.5. The van der Waals surface area contributed by atoms with E-state index in [2.05, 4.69) is 12.2 Å². The van der Waals surface area contributed by atoms with Gasteiger partial charge in [-0.1, -0.05) is 82.1 Å². The minimum atomic E-state index is -0.818. The normalized spacial score (nSPS) is 12.3. The van der Waals surface area contributed by atoms with Crippen LogP contribution >= 0.6 is 0 Å². The highest BCUT2D eigenvalue weighted by molar-refractivity contribution is 5.71. The number of aliphatic hydroxyl groups is 2. The Bertz CT molecular complexity index is 702. The minimum Gasteiger partial charge on any atom is -0.516 e. The second-order valence-electron chi connectivity index (χ2n) is 10.7. The molecule has 0 aromatic heterocycles. The van der Waals surface area contributed by atoms with Crippen LogP contribution in [0.4, 0.5) is 0 Å². The third kappa shape index (κ3) is 28.7. The van der Waals surface area contributed by atoms with E-state index in [1.54, 1.807) is 12.2 Å². The maximum atomic E-state index is 12.4. The summed E-state index contributed by atoms with van der Waals surface area (Å²) in [7, 11) is 0. The number of hydrogen-bond donors (Lipinski definition) is 2. The number of ether oxygens (including phenoxy) is 3. The molecule has 0 radical (unpaired) electrons. The molecule has 0 bridgehead atoms. The Morgan fingerprint density at radius 3 is 1.29 bits per heavy atom. The average molecular weight is 595 g/mol. The predicted octanol–water partition coefficient (Wildman–Crippen LogP) is 8.90. The van der Waals surface area contributed by atoms with E-state index in [9.17, 15) is 14.4 Å². The molecule has 0 aliphatic carbocycles. The van der Waals surface area contributed by atoms with Crippen LogP contribution in [0.25, 0.3) is 0 Å². The number of esters is 3. The number of rotatable bonds is 29. The molecule has 0 rings (SSSR count). The maximum Gasteiger partial charge on any atom is 0.306 e. The Hall–Kier alpha value is -2.77. The van der Waals surface area contributed by atoms with E-state index < -0.39 is 6.10 Å². The zero-order valence-electron chi connectivity index (χ0n) is 26.1. The monoisotopic (exact) mass is 594 g/mol. The standard InChI is InChI=1S/C34H58O8/c1-2-3-4-5-6-9-14-19-24-32(37)40-29-31(42-34(39)26-21-16-11-8-13-18-23-28-36)30-41-33(38)25-20-15-10-7-12-17-22-27-35/h2-3,22-23,27-28,31,35-36H,4-21,24-26,29-30H2,1H3. The quantitative estimate of drug-likeness (QED) is 0.0290. The van der Waals surface area contributed by atoms with E-state index in [0.29, 0.717) is 19.3 Å². The van der Waals surface area contributed by atoms with Crippen LogP contribution in [0.2, 0.25) is 0 Å². The van der Waals surface area contributed by atoms with Crippen molar-refractivity contribution in [2.45, 2.75) is 148 Å². The SMILES string of the molecule is CC=CCCCCCCCC(=O)OCC(COC(=O)CCCCCCCC=CO)OC(=O)CCCCCCCC=CO. The first-order valence-corrected chi connectivity index (χ1v) is 16.2. The van der Waals surface area contributed by atoms with Gasteiger partial charge in [-0.25, -0.2) is 0 Å². The van der Waals surface area contributed by atoms with Gasteiger partial charge in [-0.2, -0.15) is 0 Å². The highest BCUT2D eigenvalue weighted by Gasteiger charge is 2.19. The zero-order chi connectivity index (χ0) is 30.9. The molecule has 8 nitrogen and oxygen atoms in total. The fourth-order valence-corrected chi connectivity index (χ4v) is 4.38. The van der Waals surface area contributed by atoms with E-state index in [4.69, 9.17) is 24.4 Å². The van der Waals surface area contributed by atoms with Crippen molar-refractivity contribution in [1.29, 1.82) is 0 Å². The molecule has 1 atom stereocenters. The Labute approximate surface area is 254 Å². The summed E-state index contributed by atoms with van der Waals surface area (Å²) in [6.07, 6.45) is 27.1. The predicted molar refractivity (Wildman–Crippen MR) is 167 cm³/mol. The van der Waals surface area contributed by atoms with Gasteiger partial charge in [-0.05, 0) is 64.7 Å². The summed E-state index contributed by atoms with van der Waals surface area (Å²) in [5, 5.41) is 17.3. The molecule has 1 unspecified atom stereocenters. The summed E-state index contributed by atoms with van der Waals surface area (Å²) in [6, 6.07) is 0. The van der Waals surface area contributed by atoms with E-state index >= 15 is 0 Å². The number of carbonyl (C=O) groups is 3. The van der Waals surface area contributed by atoms with Gasteiger partial charge >= 0.3 is 17.9 Å². The van der Waals surface area contributed by atoms with E-state index in [1.165, 1.54) is 0 Å². The largest absolute Gasteiger partial charge is 0.516 e. The van der Waals surface area contributed by atoms with Gasteiger partial charge in [0.15, 0.2) is 6.10 Å². The second-order valence-corrected chi connectivity index (χ2v) is 10.7. The van der Waals surface area contributed by atoms with Crippen LogP contribution in [0.15, 0.2) is 36.8 Å². The van der Waals surface area contributed by atoms with Crippen molar-refractivity contribution in [3.8, 4) is 0 Å². The lowest BCUT2D eigenvalue weighted by Gasteiger charge is -2.18. The van der Waals surface area contributed by atoms with Crippen molar-refractivity contribution in [3.05, 3.63) is 36.8 Å². The summed E-state index contributed by atoms with van der Waals surface area (Å²) >= 11 is 0. The average Bonchev–Trinajstić information content (AvgIpc) is 2.98. The van der Waals surface area contributed by atoms with Crippen molar-refractivity contribution >= 4 is 17.9 Å². The zero-order valence-corrected chi connectivity index (χ0v) is 26.1. The van der Waals surface area contributed by atoms with Crippen molar-refractivity contribution in [1.82, 2.24) is 0 Å². The van der Waals surface area contributed by atoms with Gasteiger partial charge in [0.1, 0.15) is 13.2 Å². The number of hydrogen-bond acceptors (Lipinski definition) is 8. The van der Waals surface area contributed by atoms with Crippen LogP contribution in [-0.4, -0.2) is 47.4 Å². The van der Waals surface area contributed by atoms with Crippen LogP contribution in [0.5, 0.6) is 0 Å². The van der Waals surface area contributed by atoms with Gasteiger partial charge in [0.25, 0.3) is 0 Å². The molecule has 242 valence electrons. The van der Waals surface area contributed by atoms with Crippen molar-refractivity contribution < 1.29 is 38.8 Å². The highest BCUT2D eigenvalue weighted by atomic mass is 16.6. The Morgan fingerprint density at radius 1 is 0.524 bits per heavy atom. The van der Waals surface area contributed by atoms with E-state index in [0.717, 1.165) is 122 Å². The summed E-state index contributed by atoms with van der Waals surface area (Å²) in [5.74, 6) is -1.07. The van der Waals surface area contributed by atoms with Crippen molar-refractivity contribution in [2.24, 2.45) is 0 Å². The molecule has 0 spiro atoms. The van der Waals surface area contributed by atoms with E-state index in [1.807, 2.05) is 6.92 Å². The molecule has 0 amide bonds. The lowest BCUT2D eigenvalue weighted by molar-refractivity contribution is -0.167.